The normalized spacial score (nSPS) is 23.0. The molecule has 0 spiro atoms. The summed E-state index contributed by atoms with van der Waals surface area (Å²) in [6.45, 7) is 6.03. The zero-order valence-electron chi connectivity index (χ0n) is 11.1. The van der Waals surface area contributed by atoms with Crippen molar-refractivity contribution in [2.75, 3.05) is 19.7 Å². The van der Waals surface area contributed by atoms with Gasteiger partial charge in [0.2, 0.25) is 0 Å². The van der Waals surface area contributed by atoms with Crippen LogP contribution in [-0.2, 0) is 16.0 Å². The second kappa shape index (κ2) is 6.01. The lowest BCUT2D eigenvalue weighted by molar-refractivity contribution is -0.147. The number of ether oxygens (including phenoxy) is 1. The Morgan fingerprint density at radius 3 is 2.61 bits per heavy atom. The Morgan fingerprint density at radius 2 is 2.00 bits per heavy atom. The fraction of sp³-hybridized carbons (Fsp3) is 0.533. The summed E-state index contributed by atoms with van der Waals surface area (Å²) in [6, 6.07) is 8.58. The molecule has 98 valence electrons. The molecule has 0 saturated carbocycles. The molecule has 2 atom stereocenters. The quantitative estimate of drug-likeness (QED) is 0.828. The molecule has 18 heavy (non-hydrogen) atoms. The Kier molecular flexibility index (Phi) is 4.37. The van der Waals surface area contributed by atoms with Crippen LogP contribution in [-0.4, -0.2) is 25.7 Å². The first-order valence-corrected chi connectivity index (χ1v) is 6.72. The molecule has 0 amide bonds. The van der Waals surface area contributed by atoms with E-state index in [1.165, 1.54) is 11.1 Å². The van der Waals surface area contributed by atoms with Crippen molar-refractivity contribution in [3.05, 3.63) is 35.4 Å². The number of esters is 1. The third-order valence-electron chi connectivity index (χ3n) is 3.62. The summed E-state index contributed by atoms with van der Waals surface area (Å²) in [5, 5.41) is 3.29. The number of carbonyl (C=O) groups excluding carboxylic acids is 1. The van der Waals surface area contributed by atoms with Crippen LogP contribution in [0.25, 0.3) is 0 Å². The van der Waals surface area contributed by atoms with Gasteiger partial charge in [0.1, 0.15) is 0 Å². The molecule has 1 aliphatic heterocycles. The van der Waals surface area contributed by atoms with Gasteiger partial charge < -0.3 is 10.1 Å². The molecule has 1 N–H and O–H groups in total. The molecule has 3 heteroatoms. The molecule has 1 fully saturated rings. The summed E-state index contributed by atoms with van der Waals surface area (Å²) < 4.78 is 5.14. The molecule has 0 aromatic heterocycles. The summed E-state index contributed by atoms with van der Waals surface area (Å²) in [6.07, 6.45) is 1.05. The van der Waals surface area contributed by atoms with Crippen molar-refractivity contribution in [1.29, 1.82) is 0 Å². The molecule has 1 aromatic rings. The van der Waals surface area contributed by atoms with E-state index in [0.29, 0.717) is 6.61 Å². The van der Waals surface area contributed by atoms with Gasteiger partial charge in [0.05, 0.1) is 12.5 Å². The van der Waals surface area contributed by atoms with Gasteiger partial charge in [0.25, 0.3) is 0 Å². The summed E-state index contributed by atoms with van der Waals surface area (Å²) >= 11 is 0. The standard InChI is InChI=1S/C15H21NO2/c1-3-11-5-7-12(8-6-11)13-9-16-10-14(13)15(17)18-4-2/h5-8,13-14,16H,3-4,9-10H2,1-2H3. The number of benzene rings is 1. The molecule has 2 rings (SSSR count). The van der Waals surface area contributed by atoms with E-state index >= 15 is 0 Å². The van der Waals surface area contributed by atoms with Gasteiger partial charge in [-0.25, -0.2) is 0 Å². The van der Waals surface area contributed by atoms with Crippen molar-refractivity contribution in [2.24, 2.45) is 5.92 Å². The van der Waals surface area contributed by atoms with E-state index in [0.717, 1.165) is 19.5 Å². The van der Waals surface area contributed by atoms with Gasteiger partial charge in [-0.15, -0.1) is 0 Å². The maximum Gasteiger partial charge on any atom is 0.310 e. The highest BCUT2D eigenvalue weighted by molar-refractivity contribution is 5.74. The topological polar surface area (TPSA) is 38.3 Å². The minimum atomic E-state index is -0.0768. The molecule has 1 saturated heterocycles. The van der Waals surface area contributed by atoms with Crippen LogP contribution in [0.1, 0.15) is 30.9 Å². The van der Waals surface area contributed by atoms with Gasteiger partial charge in [0, 0.05) is 19.0 Å². The first kappa shape index (κ1) is 13.1. The van der Waals surface area contributed by atoms with Crippen molar-refractivity contribution in [1.82, 2.24) is 5.32 Å². The van der Waals surface area contributed by atoms with E-state index in [9.17, 15) is 4.79 Å². The Hall–Kier alpha value is -1.35. The SMILES string of the molecule is CCOC(=O)C1CNCC1c1ccc(CC)cc1. The van der Waals surface area contributed by atoms with Crippen LogP contribution in [0.5, 0.6) is 0 Å². The third-order valence-corrected chi connectivity index (χ3v) is 3.62. The summed E-state index contributed by atoms with van der Waals surface area (Å²) in [7, 11) is 0. The fourth-order valence-electron chi connectivity index (χ4n) is 2.53. The van der Waals surface area contributed by atoms with E-state index in [1.807, 2.05) is 6.92 Å². The van der Waals surface area contributed by atoms with Gasteiger partial charge in [-0.3, -0.25) is 4.79 Å². The molecular formula is C15H21NO2. The second-order valence-corrected chi connectivity index (χ2v) is 4.72. The van der Waals surface area contributed by atoms with Gasteiger partial charge in [-0.05, 0) is 24.5 Å². The Morgan fingerprint density at radius 1 is 1.28 bits per heavy atom. The van der Waals surface area contributed by atoms with Crippen LogP contribution in [0.3, 0.4) is 0 Å². The van der Waals surface area contributed by atoms with Crippen LogP contribution in [0.15, 0.2) is 24.3 Å². The molecule has 0 radical (unpaired) electrons. The maximum absolute atomic E-state index is 11.9. The molecular weight excluding hydrogens is 226 g/mol. The van der Waals surface area contributed by atoms with Gasteiger partial charge in [0.15, 0.2) is 0 Å². The summed E-state index contributed by atoms with van der Waals surface area (Å²) in [4.78, 5) is 11.9. The largest absolute Gasteiger partial charge is 0.466 e. The average molecular weight is 247 g/mol. The van der Waals surface area contributed by atoms with E-state index in [1.54, 1.807) is 0 Å². The highest BCUT2D eigenvalue weighted by Gasteiger charge is 2.34. The number of nitrogens with one attached hydrogen (secondary N) is 1. The van der Waals surface area contributed by atoms with E-state index in [2.05, 4.69) is 36.5 Å². The first-order valence-electron chi connectivity index (χ1n) is 6.72. The van der Waals surface area contributed by atoms with Crippen molar-refractivity contribution in [3.63, 3.8) is 0 Å². The summed E-state index contributed by atoms with van der Waals surface area (Å²) in [5.74, 6) is 0.124. The molecule has 1 aliphatic rings. The lowest BCUT2D eigenvalue weighted by Gasteiger charge is -2.17. The van der Waals surface area contributed by atoms with Gasteiger partial charge >= 0.3 is 5.97 Å². The van der Waals surface area contributed by atoms with Crippen molar-refractivity contribution in [2.45, 2.75) is 26.2 Å². The zero-order valence-corrected chi connectivity index (χ0v) is 11.1. The minimum absolute atomic E-state index is 0.0440. The number of hydrogen-bond acceptors (Lipinski definition) is 3. The average Bonchev–Trinajstić information content (AvgIpc) is 2.88. The first-order chi connectivity index (χ1) is 8.76. The smallest absolute Gasteiger partial charge is 0.310 e. The number of rotatable bonds is 4. The van der Waals surface area contributed by atoms with Crippen LogP contribution < -0.4 is 5.32 Å². The Labute approximate surface area is 109 Å². The lowest BCUT2D eigenvalue weighted by atomic mass is 9.88. The highest BCUT2D eigenvalue weighted by Crippen LogP contribution is 2.29. The summed E-state index contributed by atoms with van der Waals surface area (Å²) in [5.41, 5.74) is 2.56. The zero-order chi connectivity index (χ0) is 13.0. The second-order valence-electron chi connectivity index (χ2n) is 4.72. The molecule has 3 nitrogen and oxygen atoms in total. The van der Waals surface area contributed by atoms with Crippen molar-refractivity contribution in [3.8, 4) is 0 Å². The van der Waals surface area contributed by atoms with E-state index < -0.39 is 0 Å². The number of carbonyl (C=O) groups is 1. The molecule has 1 heterocycles. The molecule has 1 aromatic carbocycles. The molecule has 0 aliphatic carbocycles. The number of hydrogen-bond donors (Lipinski definition) is 1. The van der Waals surface area contributed by atoms with Crippen LogP contribution in [0.4, 0.5) is 0 Å². The van der Waals surface area contributed by atoms with Crippen LogP contribution in [0.2, 0.25) is 0 Å². The van der Waals surface area contributed by atoms with Crippen LogP contribution in [0, 0.1) is 5.92 Å². The predicted molar refractivity (Wildman–Crippen MR) is 71.6 cm³/mol. The molecule has 0 bridgehead atoms. The monoisotopic (exact) mass is 247 g/mol. The fourth-order valence-corrected chi connectivity index (χ4v) is 2.53. The lowest BCUT2D eigenvalue weighted by Crippen LogP contribution is -2.24. The Bertz CT molecular complexity index is 399. The van der Waals surface area contributed by atoms with Crippen molar-refractivity contribution < 1.29 is 9.53 Å². The highest BCUT2D eigenvalue weighted by atomic mass is 16.5. The van der Waals surface area contributed by atoms with Gasteiger partial charge in [-0.2, -0.15) is 0 Å². The number of aryl methyl sites for hydroxylation is 1. The molecule has 2 unspecified atom stereocenters. The predicted octanol–water partition coefficient (Wildman–Crippen LogP) is 2.12. The van der Waals surface area contributed by atoms with E-state index in [-0.39, 0.29) is 17.8 Å². The Balaban J connectivity index is 2.12. The minimum Gasteiger partial charge on any atom is -0.466 e. The van der Waals surface area contributed by atoms with Crippen LogP contribution >= 0.6 is 0 Å². The van der Waals surface area contributed by atoms with Gasteiger partial charge in [-0.1, -0.05) is 31.2 Å². The maximum atomic E-state index is 11.9. The third kappa shape index (κ3) is 2.72. The van der Waals surface area contributed by atoms with Crippen molar-refractivity contribution >= 4 is 5.97 Å². The van der Waals surface area contributed by atoms with E-state index in [4.69, 9.17) is 4.74 Å².